The van der Waals surface area contributed by atoms with E-state index in [1.807, 2.05) is 0 Å². The summed E-state index contributed by atoms with van der Waals surface area (Å²) in [5.41, 5.74) is 0.725. The topological polar surface area (TPSA) is 124 Å². The van der Waals surface area contributed by atoms with Gasteiger partial charge in [-0.15, -0.1) is 0 Å². The van der Waals surface area contributed by atoms with Crippen LogP contribution in [0.2, 0.25) is 0 Å². The van der Waals surface area contributed by atoms with Crippen molar-refractivity contribution in [3.8, 4) is 0 Å². The predicted octanol–water partition coefficient (Wildman–Crippen LogP) is 3.60. The number of esters is 4. The number of carbonyl (C=O) groups excluding carboxylic acids is 4. The number of hydrogen-bond acceptors (Lipinski definition) is 10. The van der Waals surface area contributed by atoms with Crippen LogP contribution >= 0.6 is 0 Å². The van der Waals surface area contributed by atoms with Crippen LogP contribution in [0.15, 0.2) is 91.0 Å². The second kappa shape index (κ2) is 13.5. The second-order valence-corrected chi connectivity index (χ2v) is 8.79. The van der Waals surface area contributed by atoms with Crippen molar-refractivity contribution < 1.29 is 47.6 Å². The molecule has 0 saturated carbocycles. The maximum Gasteiger partial charge on any atom is 0.338 e. The lowest BCUT2D eigenvalue weighted by Crippen LogP contribution is -2.62. The molecule has 10 nitrogen and oxygen atoms in total. The van der Waals surface area contributed by atoms with Gasteiger partial charge in [-0.3, -0.25) is 4.79 Å². The van der Waals surface area contributed by atoms with E-state index < -0.39 is 61.2 Å². The van der Waals surface area contributed by atoms with Crippen LogP contribution in [0.4, 0.5) is 0 Å². The van der Waals surface area contributed by atoms with E-state index >= 15 is 0 Å². The molecule has 0 amide bonds. The molecule has 1 aliphatic heterocycles. The first-order chi connectivity index (χ1) is 19.4. The normalized spacial score (nSPS) is 22.0. The molecule has 1 heterocycles. The van der Waals surface area contributed by atoms with Crippen LogP contribution < -0.4 is 0 Å². The Morgan fingerprint density at radius 1 is 0.625 bits per heavy atom. The van der Waals surface area contributed by atoms with Gasteiger partial charge in [0.2, 0.25) is 0 Å². The van der Waals surface area contributed by atoms with Gasteiger partial charge in [-0.2, -0.15) is 0 Å². The van der Waals surface area contributed by atoms with E-state index in [4.69, 9.17) is 28.4 Å². The van der Waals surface area contributed by atoms with Crippen LogP contribution in [0.1, 0.15) is 38.0 Å². The van der Waals surface area contributed by atoms with Crippen LogP contribution in [-0.4, -0.2) is 68.3 Å². The van der Waals surface area contributed by atoms with E-state index in [1.54, 1.807) is 91.0 Å². The van der Waals surface area contributed by atoms with Crippen molar-refractivity contribution in [1.29, 1.82) is 0 Å². The van der Waals surface area contributed by atoms with Crippen LogP contribution in [0.3, 0.4) is 0 Å². The Balaban J connectivity index is 1.67. The standard InChI is InChI=1S/C30H28O10/c1-19(31)37-26-25(40-29(34)22-16-10-5-11-17-22)24(39-28(33)21-14-8-4-9-15-21)23(38-30(26)35-2)18-36-27(32)20-12-6-3-7-13-20/h3-17,23-26,30H,18H2,1-2H3/t23?,24-,25-,26?,30+/m0/s1. The van der Waals surface area contributed by atoms with Crippen molar-refractivity contribution >= 4 is 23.9 Å². The van der Waals surface area contributed by atoms with E-state index in [2.05, 4.69) is 0 Å². The minimum absolute atomic E-state index is 0.213. The Bertz CT molecular complexity index is 1300. The van der Waals surface area contributed by atoms with E-state index in [1.165, 1.54) is 14.0 Å². The highest BCUT2D eigenvalue weighted by atomic mass is 16.7. The summed E-state index contributed by atoms with van der Waals surface area (Å²) in [5.74, 6) is -2.88. The average Bonchev–Trinajstić information content (AvgIpc) is 2.99. The summed E-state index contributed by atoms with van der Waals surface area (Å²) in [6.07, 6.45) is -6.47. The highest BCUT2D eigenvalue weighted by Crippen LogP contribution is 2.31. The molecule has 3 aromatic carbocycles. The van der Waals surface area contributed by atoms with Crippen molar-refractivity contribution in [2.24, 2.45) is 0 Å². The van der Waals surface area contributed by atoms with E-state index in [9.17, 15) is 19.2 Å². The summed E-state index contributed by atoms with van der Waals surface area (Å²) in [6, 6.07) is 24.5. The molecule has 0 aromatic heterocycles. The largest absolute Gasteiger partial charge is 0.459 e. The minimum atomic E-state index is -1.39. The highest BCUT2D eigenvalue weighted by Gasteiger charge is 2.53. The zero-order valence-corrected chi connectivity index (χ0v) is 21.8. The zero-order chi connectivity index (χ0) is 28.5. The van der Waals surface area contributed by atoms with Crippen LogP contribution in [-0.2, 0) is 33.2 Å². The fraction of sp³-hybridized carbons (Fsp3) is 0.267. The fourth-order valence-electron chi connectivity index (χ4n) is 4.14. The Morgan fingerprint density at radius 3 is 1.52 bits per heavy atom. The first-order valence-corrected chi connectivity index (χ1v) is 12.5. The quantitative estimate of drug-likeness (QED) is 0.289. The van der Waals surface area contributed by atoms with Crippen molar-refractivity contribution in [2.75, 3.05) is 13.7 Å². The number of rotatable bonds is 9. The summed E-state index contributed by atoms with van der Waals surface area (Å²) in [5, 5.41) is 0. The molecule has 5 atom stereocenters. The lowest BCUT2D eigenvalue weighted by molar-refractivity contribution is -0.296. The number of benzene rings is 3. The molecule has 0 N–H and O–H groups in total. The Hall–Kier alpha value is -4.54. The zero-order valence-electron chi connectivity index (χ0n) is 21.8. The van der Waals surface area contributed by atoms with Gasteiger partial charge in [0, 0.05) is 14.0 Å². The predicted molar refractivity (Wildman–Crippen MR) is 139 cm³/mol. The molecule has 1 fully saturated rings. The second-order valence-electron chi connectivity index (χ2n) is 8.79. The Morgan fingerprint density at radius 2 is 1.07 bits per heavy atom. The molecule has 1 saturated heterocycles. The third-order valence-electron chi connectivity index (χ3n) is 6.02. The first kappa shape index (κ1) is 28.5. The Labute approximate surface area is 230 Å². The Kier molecular flexibility index (Phi) is 9.61. The number of carbonyl (C=O) groups is 4. The third-order valence-corrected chi connectivity index (χ3v) is 6.02. The molecule has 0 spiro atoms. The number of ether oxygens (including phenoxy) is 6. The highest BCUT2D eigenvalue weighted by molar-refractivity contribution is 5.91. The van der Waals surface area contributed by atoms with Gasteiger partial charge in [0.1, 0.15) is 12.7 Å². The van der Waals surface area contributed by atoms with Crippen molar-refractivity contribution in [2.45, 2.75) is 37.6 Å². The molecule has 4 rings (SSSR count). The molecule has 2 unspecified atom stereocenters. The van der Waals surface area contributed by atoms with Gasteiger partial charge in [0.05, 0.1) is 16.7 Å². The lowest BCUT2D eigenvalue weighted by Gasteiger charge is -2.43. The van der Waals surface area contributed by atoms with Crippen molar-refractivity contribution in [3.63, 3.8) is 0 Å². The van der Waals surface area contributed by atoms with E-state index in [0.717, 1.165) is 0 Å². The number of methoxy groups -OCH3 is 1. The molecular formula is C30H28O10. The molecular weight excluding hydrogens is 520 g/mol. The first-order valence-electron chi connectivity index (χ1n) is 12.5. The molecule has 40 heavy (non-hydrogen) atoms. The number of hydrogen-bond donors (Lipinski definition) is 0. The SMILES string of the molecule is CO[C@@H]1OC(COC(=O)c2ccccc2)[C@H](OC(=O)c2ccccc2)[C@H](OC(=O)c2ccccc2)C1OC(C)=O. The minimum Gasteiger partial charge on any atom is -0.459 e. The van der Waals surface area contributed by atoms with Gasteiger partial charge in [-0.1, -0.05) is 54.6 Å². The molecule has 208 valence electrons. The fourth-order valence-corrected chi connectivity index (χ4v) is 4.14. The van der Waals surface area contributed by atoms with E-state index in [-0.39, 0.29) is 11.1 Å². The lowest BCUT2D eigenvalue weighted by atomic mass is 9.97. The van der Waals surface area contributed by atoms with Crippen LogP contribution in [0, 0.1) is 0 Å². The average molecular weight is 549 g/mol. The van der Waals surface area contributed by atoms with Gasteiger partial charge < -0.3 is 28.4 Å². The third kappa shape index (κ3) is 7.10. The monoisotopic (exact) mass is 548 g/mol. The van der Waals surface area contributed by atoms with Crippen LogP contribution in [0.25, 0.3) is 0 Å². The summed E-state index contributed by atoms with van der Waals surface area (Å²) >= 11 is 0. The summed E-state index contributed by atoms with van der Waals surface area (Å²) in [6.45, 7) is 0.772. The van der Waals surface area contributed by atoms with Gasteiger partial charge in [0.15, 0.2) is 24.6 Å². The van der Waals surface area contributed by atoms with Gasteiger partial charge >= 0.3 is 23.9 Å². The van der Waals surface area contributed by atoms with Crippen LogP contribution in [0.5, 0.6) is 0 Å². The molecule has 10 heteroatoms. The van der Waals surface area contributed by atoms with Gasteiger partial charge in [-0.05, 0) is 36.4 Å². The maximum absolute atomic E-state index is 13.1. The summed E-state index contributed by atoms with van der Waals surface area (Å²) < 4.78 is 33.9. The smallest absolute Gasteiger partial charge is 0.338 e. The summed E-state index contributed by atoms with van der Waals surface area (Å²) in [7, 11) is 1.31. The van der Waals surface area contributed by atoms with Crippen molar-refractivity contribution in [3.05, 3.63) is 108 Å². The molecule has 0 aliphatic carbocycles. The molecule has 3 aromatic rings. The van der Waals surface area contributed by atoms with E-state index in [0.29, 0.717) is 5.56 Å². The van der Waals surface area contributed by atoms with Gasteiger partial charge in [-0.25, -0.2) is 14.4 Å². The maximum atomic E-state index is 13.1. The molecule has 1 aliphatic rings. The van der Waals surface area contributed by atoms with Gasteiger partial charge in [0.25, 0.3) is 0 Å². The molecule has 0 radical (unpaired) electrons. The summed E-state index contributed by atoms with van der Waals surface area (Å²) in [4.78, 5) is 51.0. The van der Waals surface area contributed by atoms with Crippen molar-refractivity contribution in [1.82, 2.24) is 0 Å². The molecule has 0 bridgehead atoms.